The van der Waals surface area contributed by atoms with Crippen LogP contribution in [0.4, 0.5) is 11.4 Å². The summed E-state index contributed by atoms with van der Waals surface area (Å²) in [6.07, 6.45) is 3.27. The Morgan fingerprint density at radius 1 is 1.32 bits per heavy atom. The van der Waals surface area contributed by atoms with Crippen LogP contribution in [0.5, 0.6) is 0 Å². The summed E-state index contributed by atoms with van der Waals surface area (Å²) < 4.78 is 10.5. The third-order valence-corrected chi connectivity index (χ3v) is 3.33. The van der Waals surface area contributed by atoms with Crippen LogP contribution in [0.3, 0.4) is 0 Å². The van der Waals surface area contributed by atoms with Crippen molar-refractivity contribution in [3.8, 4) is 0 Å². The van der Waals surface area contributed by atoms with Crippen LogP contribution in [0.1, 0.15) is 12.0 Å². The molecule has 0 bridgehead atoms. The van der Waals surface area contributed by atoms with Gasteiger partial charge in [0.25, 0.3) is 5.91 Å². The molecule has 2 aliphatic heterocycles. The second-order valence-electron chi connectivity index (χ2n) is 4.65. The van der Waals surface area contributed by atoms with Crippen LogP contribution >= 0.6 is 0 Å². The fourth-order valence-electron chi connectivity index (χ4n) is 2.44. The Bertz CT molecular complexity index is 539. The average molecular weight is 260 g/mol. The summed E-state index contributed by atoms with van der Waals surface area (Å²) in [7, 11) is 0. The first kappa shape index (κ1) is 11.9. The molecule has 0 fully saturated rings. The first-order valence-electron chi connectivity index (χ1n) is 6.40. The number of nitrogen functional groups attached to an aromatic ring is 1. The number of nitrogens with zero attached hydrogens (tertiary/aromatic N) is 1. The highest BCUT2D eigenvalue weighted by Crippen LogP contribution is 2.30. The molecule has 2 aliphatic rings. The smallest absolute Gasteiger partial charge is 0.296 e. The van der Waals surface area contributed by atoms with Crippen LogP contribution in [0.2, 0.25) is 0 Å². The SMILES string of the molecule is Nc1ccc2c(c1)CCCN2C(=O)C1=COCCO1. The number of hydrogen-bond acceptors (Lipinski definition) is 4. The number of aryl methyl sites for hydroxylation is 1. The van der Waals surface area contributed by atoms with E-state index in [0.717, 1.165) is 29.8 Å². The number of anilines is 2. The normalized spacial score (nSPS) is 17.9. The molecule has 5 heteroatoms. The van der Waals surface area contributed by atoms with E-state index in [0.29, 0.717) is 19.8 Å². The number of carbonyl (C=O) groups is 1. The summed E-state index contributed by atoms with van der Waals surface area (Å²) in [6.45, 7) is 1.60. The standard InChI is InChI=1S/C14H16N2O3/c15-11-3-4-12-10(8-11)2-1-5-16(12)14(17)13-9-18-6-7-19-13/h3-4,8-9H,1-2,5-7,15H2. The lowest BCUT2D eigenvalue weighted by molar-refractivity contribution is -0.119. The Balaban J connectivity index is 1.91. The van der Waals surface area contributed by atoms with Crippen LogP contribution in [-0.4, -0.2) is 25.7 Å². The van der Waals surface area contributed by atoms with Gasteiger partial charge in [-0.1, -0.05) is 0 Å². The van der Waals surface area contributed by atoms with Gasteiger partial charge in [-0.3, -0.25) is 4.79 Å². The Morgan fingerprint density at radius 3 is 3.00 bits per heavy atom. The maximum atomic E-state index is 12.4. The molecule has 3 rings (SSSR count). The van der Waals surface area contributed by atoms with Crippen molar-refractivity contribution in [2.75, 3.05) is 30.4 Å². The molecule has 0 saturated carbocycles. The van der Waals surface area contributed by atoms with Crippen molar-refractivity contribution < 1.29 is 14.3 Å². The Morgan fingerprint density at radius 2 is 2.21 bits per heavy atom. The fourth-order valence-corrected chi connectivity index (χ4v) is 2.44. The van der Waals surface area contributed by atoms with Gasteiger partial charge in [0.05, 0.1) is 0 Å². The predicted octanol–water partition coefficient (Wildman–Crippen LogP) is 1.44. The van der Waals surface area contributed by atoms with Gasteiger partial charge in [-0.25, -0.2) is 0 Å². The molecule has 2 N–H and O–H groups in total. The molecule has 100 valence electrons. The van der Waals surface area contributed by atoms with Gasteiger partial charge in [0.1, 0.15) is 19.5 Å². The number of rotatable bonds is 1. The first-order chi connectivity index (χ1) is 9.25. The van der Waals surface area contributed by atoms with E-state index in [-0.39, 0.29) is 11.7 Å². The minimum Gasteiger partial charge on any atom is -0.494 e. The minimum atomic E-state index is -0.148. The molecular formula is C14H16N2O3. The second kappa shape index (κ2) is 4.84. The molecule has 1 aromatic rings. The van der Waals surface area contributed by atoms with Crippen LogP contribution in [0, 0.1) is 0 Å². The monoisotopic (exact) mass is 260 g/mol. The van der Waals surface area contributed by atoms with E-state index in [4.69, 9.17) is 15.2 Å². The van der Waals surface area contributed by atoms with Crippen LogP contribution in [-0.2, 0) is 20.7 Å². The van der Waals surface area contributed by atoms with Crippen molar-refractivity contribution >= 4 is 17.3 Å². The Labute approximate surface area is 111 Å². The lowest BCUT2D eigenvalue weighted by Crippen LogP contribution is -2.37. The maximum Gasteiger partial charge on any atom is 0.296 e. The molecule has 1 aromatic carbocycles. The number of benzene rings is 1. The van der Waals surface area contributed by atoms with Crippen molar-refractivity contribution in [1.29, 1.82) is 0 Å². The molecule has 1 amide bonds. The Kier molecular flexibility index (Phi) is 3.03. The number of amides is 1. The minimum absolute atomic E-state index is 0.148. The zero-order valence-electron chi connectivity index (χ0n) is 10.6. The van der Waals surface area contributed by atoms with Crippen LogP contribution < -0.4 is 10.6 Å². The number of ether oxygens (including phenoxy) is 2. The highest BCUT2D eigenvalue weighted by molar-refractivity contribution is 6.05. The van der Waals surface area contributed by atoms with Crippen molar-refractivity contribution in [1.82, 2.24) is 0 Å². The molecule has 0 spiro atoms. The second-order valence-corrected chi connectivity index (χ2v) is 4.65. The van der Waals surface area contributed by atoms with Gasteiger partial charge < -0.3 is 20.1 Å². The van der Waals surface area contributed by atoms with E-state index in [1.165, 1.54) is 6.26 Å². The van der Waals surface area contributed by atoms with Crippen molar-refractivity contribution in [2.45, 2.75) is 12.8 Å². The molecular weight excluding hydrogens is 244 g/mol. The van der Waals surface area contributed by atoms with Gasteiger partial charge >= 0.3 is 0 Å². The molecule has 0 saturated heterocycles. The third-order valence-electron chi connectivity index (χ3n) is 3.33. The van der Waals surface area contributed by atoms with Crippen molar-refractivity contribution in [3.05, 3.63) is 35.8 Å². The van der Waals surface area contributed by atoms with Gasteiger partial charge in [0.15, 0.2) is 0 Å². The molecule has 2 heterocycles. The summed E-state index contributed by atoms with van der Waals surface area (Å²) >= 11 is 0. The summed E-state index contributed by atoms with van der Waals surface area (Å²) in [4.78, 5) is 14.2. The summed E-state index contributed by atoms with van der Waals surface area (Å²) in [6, 6.07) is 5.64. The zero-order valence-corrected chi connectivity index (χ0v) is 10.6. The predicted molar refractivity (Wildman–Crippen MR) is 71.5 cm³/mol. The lowest BCUT2D eigenvalue weighted by Gasteiger charge is -2.30. The number of fused-ring (bicyclic) bond motifs is 1. The topological polar surface area (TPSA) is 64.8 Å². The van der Waals surface area contributed by atoms with Gasteiger partial charge in [-0.15, -0.1) is 0 Å². The van der Waals surface area contributed by atoms with Crippen LogP contribution in [0.15, 0.2) is 30.2 Å². The van der Waals surface area contributed by atoms with Gasteiger partial charge in [0.2, 0.25) is 5.76 Å². The van der Waals surface area contributed by atoms with Crippen molar-refractivity contribution in [2.24, 2.45) is 0 Å². The summed E-state index contributed by atoms with van der Waals surface area (Å²) in [5.41, 5.74) is 8.54. The van der Waals surface area contributed by atoms with E-state index in [1.807, 2.05) is 18.2 Å². The molecule has 0 aromatic heterocycles. The molecule has 0 aliphatic carbocycles. The first-order valence-corrected chi connectivity index (χ1v) is 6.40. The fraction of sp³-hybridized carbons (Fsp3) is 0.357. The largest absolute Gasteiger partial charge is 0.494 e. The maximum absolute atomic E-state index is 12.4. The molecule has 0 atom stereocenters. The van der Waals surface area contributed by atoms with Gasteiger partial charge in [0, 0.05) is 17.9 Å². The zero-order chi connectivity index (χ0) is 13.2. The lowest BCUT2D eigenvalue weighted by atomic mass is 10.0. The highest BCUT2D eigenvalue weighted by atomic mass is 16.6. The van der Waals surface area contributed by atoms with Crippen LogP contribution in [0.25, 0.3) is 0 Å². The summed E-state index contributed by atoms with van der Waals surface area (Å²) in [5.74, 6) is 0.126. The molecule has 0 radical (unpaired) electrons. The van der Waals surface area contributed by atoms with E-state index >= 15 is 0 Å². The van der Waals surface area contributed by atoms with Crippen molar-refractivity contribution in [3.63, 3.8) is 0 Å². The van der Waals surface area contributed by atoms with E-state index in [9.17, 15) is 4.79 Å². The number of nitrogens with two attached hydrogens (primary N) is 1. The quantitative estimate of drug-likeness (QED) is 0.776. The van der Waals surface area contributed by atoms with E-state index < -0.39 is 0 Å². The van der Waals surface area contributed by atoms with E-state index in [1.54, 1.807) is 4.90 Å². The molecule has 19 heavy (non-hydrogen) atoms. The summed E-state index contributed by atoms with van der Waals surface area (Å²) in [5, 5.41) is 0. The molecule has 0 unspecified atom stereocenters. The number of hydrogen-bond donors (Lipinski definition) is 1. The average Bonchev–Trinajstić information content (AvgIpc) is 2.46. The third kappa shape index (κ3) is 2.23. The Hall–Kier alpha value is -2.17. The highest BCUT2D eigenvalue weighted by Gasteiger charge is 2.27. The molecule has 5 nitrogen and oxygen atoms in total. The van der Waals surface area contributed by atoms with Gasteiger partial charge in [-0.2, -0.15) is 0 Å². The van der Waals surface area contributed by atoms with Gasteiger partial charge in [-0.05, 0) is 36.6 Å². The van der Waals surface area contributed by atoms with E-state index in [2.05, 4.69) is 0 Å². The number of carbonyl (C=O) groups excluding carboxylic acids is 1.